The van der Waals surface area contributed by atoms with Crippen LogP contribution in [0.1, 0.15) is 24.8 Å². The molecule has 3 nitrogen and oxygen atoms in total. The highest BCUT2D eigenvalue weighted by atomic mass is 79.9. The van der Waals surface area contributed by atoms with Crippen molar-refractivity contribution in [3.05, 3.63) is 40.5 Å². The van der Waals surface area contributed by atoms with Crippen molar-refractivity contribution in [2.75, 3.05) is 0 Å². The van der Waals surface area contributed by atoms with Crippen LogP contribution in [-0.2, 0) is 15.6 Å². The number of sulfone groups is 1. The summed E-state index contributed by atoms with van der Waals surface area (Å²) < 4.78 is 25.5. The van der Waals surface area contributed by atoms with Gasteiger partial charge in [0.15, 0.2) is 9.84 Å². The number of rotatable bonds is 3. The summed E-state index contributed by atoms with van der Waals surface area (Å²) in [6.45, 7) is 0. The average molecular weight is 340 g/mol. The zero-order valence-corrected chi connectivity index (χ0v) is 12.7. The molecule has 1 saturated carbocycles. The minimum absolute atomic E-state index is 0.0879. The van der Waals surface area contributed by atoms with E-state index >= 15 is 0 Å². The van der Waals surface area contributed by atoms with Crippen molar-refractivity contribution in [2.45, 2.75) is 30.3 Å². The number of nitrogens with zero attached hydrogens (tertiary/aromatic N) is 1. The number of benzene rings is 1. The first-order valence-electron chi connectivity index (χ1n) is 6.31. The van der Waals surface area contributed by atoms with Crippen LogP contribution in [0.3, 0.4) is 0 Å². The molecule has 0 N–H and O–H groups in total. The third-order valence-electron chi connectivity index (χ3n) is 3.67. The SMILES string of the molecule is O=S(=O)(Cc1cc(Br)cc2cccnc12)C1CCC1. The Labute approximate surface area is 121 Å². The molecule has 0 saturated heterocycles. The van der Waals surface area contributed by atoms with Crippen LogP contribution in [-0.4, -0.2) is 18.7 Å². The molecule has 0 radical (unpaired) electrons. The standard InChI is InChI=1S/C14H14BrNO2S/c15-12-7-10-3-2-6-16-14(10)11(8-12)9-19(17,18)13-4-1-5-13/h2-3,6-8,13H,1,4-5,9H2. The smallest absolute Gasteiger partial charge is 0.157 e. The number of hydrogen-bond donors (Lipinski definition) is 0. The predicted molar refractivity (Wildman–Crippen MR) is 79.7 cm³/mol. The fraction of sp³-hybridized carbons (Fsp3) is 0.357. The molecule has 1 aliphatic carbocycles. The number of pyridine rings is 1. The normalized spacial score (nSPS) is 16.5. The van der Waals surface area contributed by atoms with Crippen LogP contribution in [0, 0.1) is 0 Å². The van der Waals surface area contributed by atoms with Gasteiger partial charge >= 0.3 is 0 Å². The van der Waals surface area contributed by atoms with E-state index in [4.69, 9.17) is 0 Å². The minimum atomic E-state index is -3.05. The molecule has 0 aliphatic heterocycles. The van der Waals surface area contributed by atoms with Gasteiger partial charge in [0.1, 0.15) is 0 Å². The molecular formula is C14H14BrNO2S. The summed E-state index contributed by atoms with van der Waals surface area (Å²) in [5.74, 6) is 0.0879. The van der Waals surface area contributed by atoms with Crippen molar-refractivity contribution in [3.8, 4) is 0 Å². The van der Waals surface area contributed by atoms with Crippen molar-refractivity contribution in [3.63, 3.8) is 0 Å². The quantitative estimate of drug-likeness (QED) is 0.860. The third-order valence-corrected chi connectivity index (χ3v) is 6.32. The summed E-state index contributed by atoms with van der Waals surface area (Å²) in [6, 6.07) is 7.64. The van der Waals surface area contributed by atoms with Crippen LogP contribution in [0.2, 0.25) is 0 Å². The first-order valence-corrected chi connectivity index (χ1v) is 8.82. The first kappa shape index (κ1) is 13.1. The highest BCUT2D eigenvalue weighted by Gasteiger charge is 2.31. The molecule has 0 amide bonds. The Morgan fingerprint density at radius 3 is 2.79 bits per heavy atom. The lowest BCUT2D eigenvalue weighted by atomic mass is 10.00. The molecule has 0 spiro atoms. The molecule has 2 aromatic rings. The highest BCUT2D eigenvalue weighted by Crippen LogP contribution is 2.31. The molecule has 1 aromatic carbocycles. The highest BCUT2D eigenvalue weighted by molar-refractivity contribution is 9.10. The van der Waals surface area contributed by atoms with Gasteiger partial charge in [0.2, 0.25) is 0 Å². The Morgan fingerprint density at radius 1 is 1.32 bits per heavy atom. The summed E-state index contributed by atoms with van der Waals surface area (Å²) in [6.07, 6.45) is 4.35. The van der Waals surface area contributed by atoms with Gasteiger partial charge in [-0.25, -0.2) is 8.42 Å². The molecule has 0 unspecified atom stereocenters. The van der Waals surface area contributed by atoms with Gasteiger partial charge in [0.05, 0.1) is 16.5 Å². The summed E-state index contributed by atoms with van der Waals surface area (Å²) in [5.41, 5.74) is 1.57. The Hall–Kier alpha value is -0.940. The van der Waals surface area contributed by atoms with Crippen molar-refractivity contribution in [1.82, 2.24) is 4.98 Å². The van der Waals surface area contributed by atoms with Crippen molar-refractivity contribution < 1.29 is 8.42 Å². The Balaban J connectivity index is 2.05. The molecule has 3 rings (SSSR count). The first-order chi connectivity index (χ1) is 9.06. The summed E-state index contributed by atoms with van der Waals surface area (Å²) in [5, 5.41) is 0.820. The third kappa shape index (κ3) is 2.54. The summed E-state index contributed by atoms with van der Waals surface area (Å²) in [4.78, 5) is 4.32. The van der Waals surface area contributed by atoms with E-state index in [0.29, 0.717) is 0 Å². The van der Waals surface area contributed by atoms with Crippen LogP contribution in [0.4, 0.5) is 0 Å². The number of halogens is 1. The van der Waals surface area contributed by atoms with E-state index < -0.39 is 9.84 Å². The Bertz CT molecular complexity index is 723. The molecule has 1 heterocycles. The molecule has 5 heteroatoms. The van der Waals surface area contributed by atoms with E-state index in [1.807, 2.05) is 24.3 Å². The zero-order chi connectivity index (χ0) is 13.5. The maximum Gasteiger partial charge on any atom is 0.157 e. The monoisotopic (exact) mass is 339 g/mol. The van der Waals surface area contributed by atoms with Gasteiger partial charge in [-0.15, -0.1) is 0 Å². The number of hydrogen-bond acceptors (Lipinski definition) is 3. The molecule has 1 fully saturated rings. The second-order valence-corrected chi connectivity index (χ2v) is 8.20. The van der Waals surface area contributed by atoms with E-state index in [9.17, 15) is 8.42 Å². The predicted octanol–water partition coefficient (Wildman–Crippen LogP) is 3.46. The van der Waals surface area contributed by atoms with Gasteiger partial charge in [0.25, 0.3) is 0 Å². The lowest BCUT2D eigenvalue weighted by Crippen LogP contribution is -2.29. The van der Waals surface area contributed by atoms with E-state index in [-0.39, 0.29) is 11.0 Å². The van der Waals surface area contributed by atoms with E-state index in [2.05, 4.69) is 20.9 Å². The van der Waals surface area contributed by atoms with Gasteiger partial charge in [-0.2, -0.15) is 0 Å². The fourth-order valence-electron chi connectivity index (χ4n) is 2.40. The Morgan fingerprint density at radius 2 is 2.11 bits per heavy atom. The van der Waals surface area contributed by atoms with Gasteiger partial charge in [-0.1, -0.05) is 28.4 Å². The van der Waals surface area contributed by atoms with Crippen LogP contribution < -0.4 is 0 Å². The lowest BCUT2D eigenvalue weighted by Gasteiger charge is -2.25. The Kier molecular flexibility index (Phi) is 3.35. The van der Waals surface area contributed by atoms with Crippen LogP contribution in [0.5, 0.6) is 0 Å². The van der Waals surface area contributed by atoms with Gasteiger partial charge < -0.3 is 0 Å². The molecule has 1 aromatic heterocycles. The van der Waals surface area contributed by atoms with Gasteiger partial charge in [-0.3, -0.25) is 4.98 Å². The molecule has 1 aliphatic rings. The van der Waals surface area contributed by atoms with Crippen molar-refractivity contribution in [1.29, 1.82) is 0 Å². The van der Waals surface area contributed by atoms with Crippen molar-refractivity contribution in [2.24, 2.45) is 0 Å². The van der Waals surface area contributed by atoms with Crippen LogP contribution >= 0.6 is 15.9 Å². The fourth-order valence-corrected chi connectivity index (χ4v) is 4.87. The molecule has 19 heavy (non-hydrogen) atoms. The average Bonchev–Trinajstić information content (AvgIpc) is 2.24. The summed E-state index contributed by atoms with van der Waals surface area (Å²) >= 11 is 3.44. The van der Waals surface area contributed by atoms with E-state index in [1.54, 1.807) is 6.20 Å². The maximum absolute atomic E-state index is 12.3. The van der Waals surface area contributed by atoms with E-state index in [0.717, 1.165) is 40.2 Å². The zero-order valence-electron chi connectivity index (χ0n) is 10.3. The second-order valence-electron chi connectivity index (χ2n) is 5.00. The molecule has 0 bridgehead atoms. The topological polar surface area (TPSA) is 47.0 Å². The maximum atomic E-state index is 12.3. The van der Waals surface area contributed by atoms with Gasteiger partial charge in [0, 0.05) is 16.1 Å². The van der Waals surface area contributed by atoms with Crippen LogP contribution in [0.25, 0.3) is 10.9 Å². The van der Waals surface area contributed by atoms with Gasteiger partial charge in [-0.05, 0) is 36.6 Å². The number of fused-ring (bicyclic) bond motifs is 1. The van der Waals surface area contributed by atoms with Crippen molar-refractivity contribution >= 4 is 36.7 Å². The molecule has 0 atom stereocenters. The lowest BCUT2D eigenvalue weighted by molar-refractivity contribution is 0.476. The largest absolute Gasteiger partial charge is 0.256 e. The summed E-state index contributed by atoms with van der Waals surface area (Å²) in [7, 11) is -3.05. The molecular weight excluding hydrogens is 326 g/mol. The molecule has 100 valence electrons. The second kappa shape index (κ2) is 4.87. The van der Waals surface area contributed by atoms with Crippen LogP contribution in [0.15, 0.2) is 34.9 Å². The van der Waals surface area contributed by atoms with E-state index in [1.165, 1.54) is 0 Å². The minimum Gasteiger partial charge on any atom is -0.256 e. The number of aromatic nitrogens is 1.